The van der Waals surface area contributed by atoms with Crippen LogP contribution in [0.1, 0.15) is 0 Å². The SMILES string of the molecule is c1ccc(-c2ccc(-c3ccccc3N(c3cccc(-c4cccc5c4sc4ccccc45)c3)c3ccccc3-c3ccccc3-c3ccccc3-c3ccccc3)cc2)cc1. The molecule has 0 saturated carbocycles. The van der Waals surface area contributed by atoms with Gasteiger partial charge in [-0.1, -0.05) is 218 Å². The highest BCUT2D eigenvalue weighted by molar-refractivity contribution is 7.26. The van der Waals surface area contributed by atoms with Gasteiger partial charge in [0.05, 0.1) is 11.4 Å². The lowest BCUT2D eigenvalue weighted by Crippen LogP contribution is -2.12. The monoisotopic (exact) mass is 807 g/mol. The number of fused-ring (bicyclic) bond motifs is 3. The van der Waals surface area contributed by atoms with Crippen molar-refractivity contribution >= 4 is 48.6 Å². The summed E-state index contributed by atoms with van der Waals surface area (Å²) in [6, 6.07) is 90.4. The summed E-state index contributed by atoms with van der Waals surface area (Å²) in [4.78, 5) is 2.48. The lowest BCUT2D eigenvalue weighted by Gasteiger charge is -2.30. The zero-order chi connectivity index (χ0) is 41.2. The van der Waals surface area contributed by atoms with Crippen molar-refractivity contribution in [1.82, 2.24) is 0 Å². The zero-order valence-electron chi connectivity index (χ0n) is 34.0. The van der Waals surface area contributed by atoms with E-state index in [2.05, 4.69) is 254 Å². The number of hydrogen-bond acceptors (Lipinski definition) is 2. The lowest BCUT2D eigenvalue weighted by molar-refractivity contribution is 1.28. The first-order chi connectivity index (χ1) is 30.8. The predicted octanol–water partition coefficient (Wildman–Crippen LogP) is 17.5. The van der Waals surface area contributed by atoms with Crippen molar-refractivity contribution in [3.63, 3.8) is 0 Å². The molecular weight excluding hydrogens is 767 g/mol. The molecule has 0 bridgehead atoms. The first-order valence-corrected chi connectivity index (χ1v) is 22.0. The van der Waals surface area contributed by atoms with E-state index in [0.717, 1.165) is 33.8 Å². The Hall–Kier alpha value is -7.78. The highest BCUT2D eigenvalue weighted by atomic mass is 32.1. The van der Waals surface area contributed by atoms with Crippen LogP contribution in [0.5, 0.6) is 0 Å². The van der Waals surface area contributed by atoms with E-state index >= 15 is 0 Å². The molecule has 0 saturated heterocycles. The summed E-state index contributed by atoms with van der Waals surface area (Å²) < 4.78 is 2.61. The first kappa shape index (κ1) is 37.2. The van der Waals surface area contributed by atoms with Gasteiger partial charge in [-0.2, -0.15) is 0 Å². The van der Waals surface area contributed by atoms with E-state index in [0.29, 0.717) is 0 Å². The molecular formula is C60H41NS. The van der Waals surface area contributed by atoms with Gasteiger partial charge in [0, 0.05) is 37.0 Å². The maximum atomic E-state index is 2.48. The third-order valence-electron chi connectivity index (χ3n) is 11.9. The van der Waals surface area contributed by atoms with Crippen molar-refractivity contribution in [1.29, 1.82) is 0 Å². The minimum Gasteiger partial charge on any atom is -0.309 e. The number of anilines is 3. The molecule has 0 amide bonds. The van der Waals surface area contributed by atoms with Gasteiger partial charge in [-0.3, -0.25) is 0 Å². The van der Waals surface area contributed by atoms with Crippen LogP contribution < -0.4 is 4.90 Å². The zero-order valence-corrected chi connectivity index (χ0v) is 34.8. The van der Waals surface area contributed by atoms with Crippen molar-refractivity contribution in [2.24, 2.45) is 0 Å². The fourth-order valence-corrected chi connectivity index (χ4v) is 10.3. The molecule has 1 aromatic heterocycles. The van der Waals surface area contributed by atoms with Crippen molar-refractivity contribution in [3.8, 4) is 66.8 Å². The number of hydrogen-bond donors (Lipinski definition) is 0. The Morgan fingerprint density at radius 3 is 1.42 bits per heavy atom. The van der Waals surface area contributed by atoms with E-state index in [9.17, 15) is 0 Å². The average Bonchev–Trinajstić information content (AvgIpc) is 3.74. The first-order valence-electron chi connectivity index (χ1n) is 21.2. The van der Waals surface area contributed by atoms with Gasteiger partial charge in [0.15, 0.2) is 0 Å². The standard InChI is InChI=1S/C60H41NS/c1-3-19-42(20-4-1)43-37-39-45(40-38-43)49-26-11-14-34-57(49)61(47-24-17-23-46(41-47)50-32-18-33-56-55-31-13-16-36-59(55)62-60(50)56)58-35-15-12-30-54(58)53-29-10-9-28-52(53)51-27-8-7-25-48(51)44-21-5-2-6-22-44/h1-41H. The van der Waals surface area contributed by atoms with Gasteiger partial charge in [0.2, 0.25) is 0 Å². The molecule has 1 heterocycles. The summed E-state index contributed by atoms with van der Waals surface area (Å²) >= 11 is 1.87. The quantitative estimate of drug-likeness (QED) is 0.140. The van der Waals surface area contributed by atoms with Gasteiger partial charge in [-0.05, 0) is 86.0 Å². The molecule has 0 spiro atoms. The fraction of sp³-hybridized carbons (Fsp3) is 0. The molecule has 292 valence electrons. The van der Waals surface area contributed by atoms with E-state index in [1.54, 1.807) is 0 Å². The van der Waals surface area contributed by atoms with Crippen LogP contribution in [0, 0.1) is 0 Å². The van der Waals surface area contributed by atoms with E-state index in [1.807, 2.05) is 11.3 Å². The summed E-state index contributed by atoms with van der Waals surface area (Å²) in [6.45, 7) is 0. The third kappa shape index (κ3) is 6.87. The Morgan fingerprint density at radius 2 is 0.694 bits per heavy atom. The normalized spacial score (nSPS) is 11.2. The molecule has 0 fully saturated rings. The Kier molecular flexibility index (Phi) is 9.82. The molecule has 0 aliphatic heterocycles. The minimum absolute atomic E-state index is 1.09. The Labute approximate surface area is 367 Å². The van der Waals surface area contributed by atoms with Gasteiger partial charge in [0.25, 0.3) is 0 Å². The number of nitrogens with zero attached hydrogens (tertiary/aromatic N) is 1. The van der Waals surface area contributed by atoms with Crippen molar-refractivity contribution in [3.05, 3.63) is 249 Å². The smallest absolute Gasteiger partial charge is 0.0540 e. The molecule has 11 aromatic rings. The minimum atomic E-state index is 1.09. The van der Waals surface area contributed by atoms with E-state index < -0.39 is 0 Å². The average molecular weight is 808 g/mol. The van der Waals surface area contributed by atoms with Crippen LogP contribution in [0.15, 0.2) is 249 Å². The molecule has 10 aromatic carbocycles. The molecule has 0 aliphatic rings. The number of thiophene rings is 1. The van der Waals surface area contributed by atoms with Crippen LogP contribution >= 0.6 is 11.3 Å². The molecule has 0 N–H and O–H groups in total. The van der Waals surface area contributed by atoms with E-state index in [-0.39, 0.29) is 0 Å². The summed E-state index contributed by atoms with van der Waals surface area (Å²) in [7, 11) is 0. The van der Waals surface area contributed by atoms with Crippen LogP contribution in [0.25, 0.3) is 86.9 Å². The van der Waals surface area contributed by atoms with Gasteiger partial charge in [0.1, 0.15) is 0 Å². The molecule has 0 aliphatic carbocycles. The van der Waals surface area contributed by atoms with Crippen LogP contribution in [-0.4, -0.2) is 0 Å². The summed E-state index contributed by atoms with van der Waals surface area (Å²) in [6.07, 6.45) is 0. The Balaban J connectivity index is 1.12. The Morgan fingerprint density at radius 1 is 0.258 bits per heavy atom. The Bertz CT molecular complexity index is 3350. The summed E-state index contributed by atoms with van der Waals surface area (Å²) in [5, 5.41) is 2.60. The highest BCUT2D eigenvalue weighted by Gasteiger charge is 2.23. The molecule has 0 unspecified atom stereocenters. The number of rotatable bonds is 9. The summed E-state index contributed by atoms with van der Waals surface area (Å²) in [5.74, 6) is 0. The van der Waals surface area contributed by atoms with Gasteiger partial charge in [-0.15, -0.1) is 11.3 Å². The molecule has 11 rings (SSSR count). The topological polar surface area (TPSA) is 3.24 Å². The molecule has 62 heavy (non-hydrogen) atoms. The van der Waals surface area contributed by atoms with Crippen LogP contribution in [0.3, 0.4) is 0 Å². The van der Waals surface area contributed by atoms with Crippen molar-refractivity contribution in [2.75, 3.05) is 4.90 Å². The van der Waals surface area contributed by atoms with Crippen LogP contribution in [0.2, 0.25) is 0 Å². The predicted molar refractivity (Wildman–Crippen MR) is 267 cm³/mol. The maximum absolute atomic E-state index is 2.48. The molecule has 2 heteroatoms. The fourth-order valence-electron chi connectivity index (χ4n) is 9.02. The van der Waals surface area contributed by atoms with Gasteiger partial charge in [-0.25, -0.2) is 0 Å². The highest BCUT2D eigenvalue weighted by Crippen LogP contribution is 2.48. The summed E-state index contributed by atoms with van der Waals surface area (Å²) in [5.41, 5.74) is 17.6. The van der Waals surface area contributed by atoms with E-state index in [4.69, 9.17) is 0 Å². The van der Waals surface area contributed by atoms with Gasteiger partial charge >= 0.3 is 0 Å². The number of para-hydroxylation sites is 2. The van der Waals surface area contributed by atoms with E-state index in [1.165, 1.54) is 70.2 Å². The maximum Gasteiger partial charge on any atom is 0.0540 e. The second-order valence-electron chi connectivity index (χ2n) is 15.6. The second-order valence-corrected chi connectivity index (χ2v) is 16.7. The number of benzene rings is 10. The van der Waals surface area contributed by atoms with Gasteiger partial charge < -0.3 is 4.90 Å². The largest absolute Gasteiger partial charge is 0.309 e. The molecule has 0 radical (unpaired) electrons. The molecule has 1 nitrogen and oxygen atoms in total. The second kappa shape index (κ2) is 16.3. The van der Waals surface area contributed by atoms with Crippen molar-refractivity contribution < 1.29 is 0 Å². The third-order valence-corrected chi connectivity index (χ3v) is 13.2. The van der Waals surface area contributed by atoms with Crippen molar-refractivity contribution in [2.45, 2.75) is 0 Å². The molecule has 0 atom stereocenters. The lowest BCUT2D eigenvalue weighted by atomic mass is 9.88. The van der Waals surface area contributed by atoms with Crippen LogP contribution in [0.4, 0.5) is 17.1 Å². The van der Waals surface area contributed by atoms with Crippen LogP contribution in [-0.2, 0) is 0 Å².